The maximum atomic E-state index is 9.16. The van der Waals surface area contributed by atoms with E-state index in [2.05, 4.69) is 22.2 Å². The van der Waals surface area contributed by atoms with Crippen molar-refractivity contribution in [2.45, 2.75) is 39.8 Å². The van der Waals surface area contributed by atoms with Crippen molar-refractivity contribution >= 4 is 17.4 Å². The van der Waals surface area contributed by atoms with Crippen molar-refractivity contribution < 1.29 is 5.11 Å². The van der Waals surface area contributed by atoms with Crippen LogP contribution >= 0.6 is 11.6 Å². The number of benzene rings is 1. The van der Waals surface area contributed by atoms with E-state index in [1.54, 1.807) is 0 Å². The number of hydrogen-bond donors (Lipinski definition) is 2. The standard InChI is InChI=1S/C16H20ClN3O/c1-3-5-14-19-15(17)11(2)16(20-14)18-9-12-6-4-7-13(8-12)10-21/h4,6-8,21H,3,5,9-10H2,1-2H3,(H,18,19,20). The molecule has 0 aliphatic heterocycles. The Morgan fingerprint density at radius 2 is 2.00 bits per heavy atom. The van der Waals surface area contributed by atoms with Gasteiger partial charge in [-0.05, 0) is 24.5 Å². The third-order valence-corrected chi connectivity index (χ3v) is 3.61. The summed E-state index contributed by atoms with van der Waals surface area (Å²) in [5.74, 6) is 1.53. The van der Waals surface area contributed by atoms with E-state index in [1.165, 1.54) is 0 Å². The molecular formula is C16H20ClN3O. The molecular weight excluding hydrogens is 286 g/mol. The number of nitrogens with zero attached hydrogens (tertiary/aromatic N) is 2. The molecule has 0 saturated carbocycles. The maximum Gasteiger partial charge on any atom is 0.137 e. The summed E-state index contributed by atoms with van der Waals surface area (Å²) in [7, 11) is 0. The molecule has 1 heterocycles. The highest BCUT2D eigenvalue weighted by molar-refractivity contribution is 6.30. The van der Waals surface area contributed by atoms with Crippen molar-refractivity contribution in [3.05, 3.63) is 51.9 Å². The molecule has 1 aromatic carbocycles. The van der Waals surface area contributed by atoms with E-state index >= 15 is 0 Å². The summed E-state index contributed by atoms with van der Waals surface area (Å²) in [5, 5.41) is 13.0. The fraction of sp³-hybridized carbons (Fsp3) is 0.375. The highest BCUT2D eigenvalue weighted by Crippen LogP contribution is 2.21. The minimum atomic E-state index is 0.0485. The van der Waals surface area contributed by atoms with Crippen molar-refractivity contribution in [1.29, 1.82) is 0 Å². The molecule has 2 rings (SSSR count). The molecule has 21 heavy (non-hydrogen) atoms. The summed E-state index contributed by atoms with van der Waals surface area (Å²) in [6.45, 7) is 4.68. The summed E-state index contributed by atoms with van der Waals surface area (Å²) in [5.41, 5.74) is 2.85. The molecule has 112 valence electrons. The van der Waals surface area contributed by atoms with Gasteiger partial charge in [0.2, 0.25) is 0 Å². The smallest absolute Gasteiger partial charge is 0.137 e. The van der Waals surface area contributed by atoms with Crippen LogP contribution in [-0.2, 0) is 19.6 Å². The van der Waals surface area contributed by atoms with Crippen LogP contribution in [0.3, 0.4) is 0 Å². The molecule has 2 aromatic rings. The van der Waals surface area contributed by atoms with Crippen molar-refractivity contribution in [1.82, 2.24) is 9.97 Å². The Labute approximate surface area is 130 Å². The quantitative estimate of drug-likeness (QED) is 0.802. The van der Waals surface area contributed by atoms with E-state index < -0.39 is 0 Å². The van der Waals surface area contributed by atoms with Crippen LogP contribution in [0.5, 0.6) is 0 Å². The minimum absolute atomic E-state index is 0.0485. The Morgan fingerprint density at radius 3 is 2.71 bits per heavy atom. The lowest BCUT2D eigenvalue weighted by Gasteiger charge is -2.12. The normalized spacial score (nSPS) is 10.7. The monoisotopic (exact) mass is 305 g/mol. The number of aliphatic hydroxyl groups is 1. The second-order valence-corrected chi connectivity index (χ2v) is 5.34. The molecule has 0 spiro atoms. The first-order valence-electron chi connectivity index (χ1n) is 7.09. The molecule has 0 amide bonds. The van der Waals surface area contributed by atoms with Gasteiger partial charge in [-0.3, -0.25) is 0 Å². The van der Waals surface area contributed by atoms with Gasteiger partial charge in [0, 0.05) is 18.5 Å². The van der Waals surface area contributed by atoms with Gasteiger partial charge in [-0.1, -0.05) is 42.8 Å². The summed E-state index contributed by atoms with van der Waals surface area (Å²) in [6.07, 6.45) is 1.80. The summed E-state index contributed by atoms with van der Waals surface area (Å²) >= 11 is 6.16. The second kappa shape index (κ2) is 7.38. The third-order valence-electron chi connectivity index (χ3n) is 3.24. The number of aromatic nitrogens is 2. The van der Waals surface area contributed by atoms with Crippen LogP contribution in [0.4, 0.5) is 5.82 Å². The average Bonchev–Trinajstić information content (AvgIpc) is 2.50. The van der Waals surface area contributed by atoms with Crippen LogP contribution < -0.4 is 5.32 Å². The van der Waals surface area contributed by atoms with Crippen molar-refractivity contribution in [2.75, 3.05) is 5.32 Å². The minimum Gasteiger partial charge on any atom is -0.392 e. The van der Waals surface area contributed by atoms with Crippen LogP contribution in [0.1, 0.15) is 35.9 Å². The lowest BCUT2D eigenvalue weighted by atomic mass is 10.1. The number of aliphatic hydroxyl groups excluding tert-OH is 1. The van der Waals surface area contributed by atoms with Gasteiger partial charge in [-0.15, -0.1) is 0 Å². The van der Waals surface area contributed by atoms with Gasteiger partial charge in [0.05, 0.1) is 6.61 Å². The highest BCUT2D eigenvalue weighted by Gasteiger charge is 2.09. The van der Waals surface area contributed by atoms with Gasteiger partial charge >= 0.3 is 0 Å². The molecule has 2 N–H and O–H groups in total. The number of rotatable bonds is 6. The Bertz CT molecular complexity index is 616. The summed E-state index contributed by atoms with van der Waals surface area (Å²) in [4.78, 5) is 8.81. The summed E-state index contributed by atoms with van der Waals surface area (Å²) in [6, 6.07) is 7.82. The molecule has 0 atom stereocenters. The van der Waals surface area contributed by atoms with Crippen LogP contribution in [0.25, 0.3) is 0 Å². The van der Waals surface area contributed by atoms with E-state index in [4.69, 9.17) is 16.7 Å². The molecule has 5 heteroatoms. The predicted molar refractivity (Wildman–Crippen MR) is 85.5 cm³/mol. The van der Waals surface area contributed by atoms with Gasteiger partial charge < -0.3 is 10.4 Å². The van der Waals surface area contributed by atoms with E-state index in [9.17, 15) is 0 Å². The lowest BCUT2D eigenvalue weighted by molar-refractivity contribution is 0.281. The molecule has 0 bridgehead atoms. The number of anilines is 1. The molecule has 0 aliphatic carbocycles. The average molecular weight is 306 g/mol. The van der Waals surface area contributed by atoms with Gasteiger partial charge in [0.15, 0.2) is 0 Å². The topological polar surface area (TPSA) is 58.0 Å². The Kier molecular flexibility index (Phi) is 5.53. The zero-order valence-corrected chi connectivity index (χ0v) is 13.1. The van der Waals surface area contributed by atoms with Crippen LogP contribution in [0.2, 0.25) is 5.15 Å². The van der Waals surface area contributed by atoms with Crippen molar-refractivity contribution in [3.8, 4) is 0 Å². The van der Waals surface area contributed by atoms with E-state index in [-0.39, 0.29) is 6.61 Å². The molecule has 0 fully saturated rings. The predicted octanol–water partition coefficient (Wildman–Crippen LogP) is 3.50. The Morgan fingerprint density at radius 1 is 1.24 bits per heavy atom. The largest absolute Gasteiger partial charge is 0.392 e. The fourth-order valence-corrected chi connectivity index (χ4v) is 2.25. The van der Waals surface area contributed by atoms with Gasteiger partial charge in [-0.25, -0.2) is 9.97 Å². The first-order chi connectivity index (χ1) is 10.1. The number of aryl methyl sites for hydroxylation is 1. The Hall–Kier alpha value is -1.65. The molecule has 0 radical (unpaired) electrons. The van der Waals surface area contributed by atoms with Gasteiger partial charge in [-0.2, -0.15) is 0 Å². The number of halogens is 1. The number of hydrogen-bond acceptors (Lipinski definition) is 4. The number of nitrogens with one attached hydrogen (secondary N) is 1. The molecule has 0 aliphatic rings. The van der Waals surface area contributed by atoms with E-state index in [0.717, 1.165) is 41.2 Å². The van der Waals surface area contributed by atoms with E-state index in [1.807, 2.05) is 31.2 Å². The van der Waals surface area contributed by atoms with Crippen LogP contribution in [-0.4, -0.2) is 15.1 Å². The second-order valence-electron chi connectivity index (χ2n) is 4.99. The summed E-state index contributed by atoms with van der Waals surface area (Å²) < 4.78 is 0. The fourth-order valence-electron chi connectivity index (χ4n) is 2.06. The third kappa shape index (κ3) is 4.16. The van der Waals surface area contributed by atoms with Crippen molar-refractivity contribution in [2.24, 2.45) is 0 Å². The molecule has 1 aromatic heterocycles. The maximum absolute atomic E-state index is 9.16. The SMILES string of the molecule is CCCc1nc(Cl)c(C)c(NCc2cccc(CO)c2)n1. The highest BCUT2D eigenvalue weighted by atomic mass is 35.5. The van der Waals surface area contributed by atoms with Gasteiger partial charge in [0.1, 0.15) is 16.8 Å². The molecule has 4 nitrogen and oxygen atoms in total. The van der Waals surface area contributed by atoms with E-state index in [0.29, 0.717) is 11.7 Å². The Balaban J connectivity index is 2.15. The van der Waals surface area contributed by atoms with Crippen molar-refractivity contribution in [3.63, 3.8) is 0 Å². The zero-order chi connectivity index (χ0) is 15.2. The van der Waals surface area contributed by atoms with Crippen LogP contribution in [0, 0.1) is 6.92 Å². The first-order valence-corrected chi connectivity index (χ1v) is 7.47. The zero-order valence-electron chi connectivity index (χ0n) is 12.4. The first kappa shape index (κ1) is 15.7. The molecule has 0 saturated heterocycles. The molecule has 0 unspecified atom stereocenters. The van der Waals surface area contributed by atoms with Crippen LogP contribution in [0.15, 0.2) is 24.3 Å². The van der Waals surface area contributed by atoms with Gasteiger partial charge in [0.25, 0.3) is 0 Å². The lowest BCUT2D eigenvalue weighted by Crippen LogP contribution is -2.07.